The van der Waals surface area contributed by atoms with E-state index in [2.05, 4.69) is 18.3 Å². The van der Waals surface area contributed by atoms with E-state index in [1.807, 2.05) is 0 Å². The van der Waals surface area contributed by atoms with E-state index in [0.29, 0.717) is 17.2 Å². The molecule has 1 aliphatic rings. The number of methoxy groups -OCH3 is 1. The van der Waals surface area contributed by atoms with Crippen LogP contribution in [0.4, 0.5) is 0 Å². The Balaban J connectivity index is 2.04. The molecule has 1 amide bonds. The average Bonchev–Trinajstić information content (AvgIpc) is 2.55. The van der Waals surface area contributed by atoms with Gasteiger partial charge in [0.2, 0.25) is 0 Å². The number of carbonyl (C=O) groups is 1. The number of rotatable bonds is 4. The fraction of sp³-hybridized carbons (Fsp3) is 0.529. The van der Waals surface area contributed by atoms with Crippen LogP contribution >= 0.6 is 0 Å². The SMILES string of the molecule is CCC1CCC(C#N)(NC(=O)c2ccc(OC)cc2)CC1. The van der Waals surface area contributed by atoms with Crippen molar-refractivity contribution in [3.05, 3.63) is 29.8 Å². The van der Waals surface area contributed by atoms with Crippen LogP contribution in [0.15, 0.2) is 24.3 Å². The summed E-state index contributed by atoms with van der Waals surface area (Å²) in [4.78, 5) is 12.3. The lowest BCUT2D eigenvalue weighted by Crippen LogP contribution is -2.49. The third-order valence-corrected chi connectivity index (χ3v) is 4.46. The molecule has 4 heteroatoms. The summed E-state index contributed by atoms with van der Waals surface area (Å²) in [5.74, 6) is 1.21. The van der Waals surface area contributed by atoms with Crippen LogP contribution in [0.3, 0.4) is 0 Å². The van der Waals surface area contributed by atoms with Crippen molar-refractivity contribution in [3.8, 4) is 11.8 Å². The Morgan fingerprint density at radius 1 is 1.38 bits per heavy atom. The first kappa shape index (κ1) is 15.4. The summed E-state index contributed by atoms with van der Waals surface area (Å²) in [6.07, 6.45) is 4.64. The van der Waals surface area contributed by atoms with Crippen LogP contribution in [0.2, 0.25) is 0 Å². The van der Waals surface area contributed by atoms with Crippen molar-refractivity contribution in [3.63, 3.8) is 0 Å². The molecule has 1 aromatic rings. The van der Waals surface area contributed by atoms with Gasteiger partial charge in [0.25, 0.3) is 5.91 Å². The van der Waals surface area contributed by atoms with E-state index in [0.717, 1.165) is 32.1 Å². The van der Waals surface area contributed by atoms with Gasteiger partial charge in [-0.05, 0) is 55.9 Å². The Morgan fingerprint density at radius 3 is 2.48 bits per heavy atom. The van der Waals surface area contributed by atoms with Gasteiger partial charge < -0.3 is 10.1 Å². The van der Waals surface area contributed by atoms with Crippen LogP contribution < -0.4 is 10.1 Å². The summed E-state index contributed by atoms with van der Waals surface area (Å²) in [7, 11) is 1.59. The molecule has 2 rings (SSSR count). The lowest BCUT2D eigenvalue weighted by Gasteiger charge is -2.35. The van der Waals surface area contributed by atoms with Crippen molar-refractivity contribution < 1.29 is 9.53 Å². The van der Waals surface area contributed by atoms with Gasteiger partial charge in [-0.25, -0.2) is 0 Å². The molecule has 21 heavy (non-hydrogen) atoms. The lowest BCUT2D eigenvalue weighted by molar-refractivity contribution is 0.0891. The minimum atomic E-state index is -0.706. The van der Waals surface area contributed by atoms with Gasteiger partial charge in [-0.1, -0.05) is 13.3 Å². The monoisotopic (exact) mass is 286 g/mol. The van der Waals surface area contributed by atoms with Crippen molar-refractivity contribution in [2.24, 2.45) is 5.92 Å². The summed E-state index contributed by atoms with van der Waals surface area (Å²) < 4.78 is 5.08. The Morgan fingerprint density at radius 2 is 2.00 bits per heavy atom. The quantitative estimate of drug-likeness (QED) is 0.923. The highest BCUT2D eigenvalue weighted by Crippen LogP contribution is 2.33. The highest BCUT2D eigenvalue weighted by atomic mass is 16.5. The minimum Gasteiger partial charge on any atom is -0.497 e. The summed E-state index contributed by atoms with van der Waals surface area (Å²) >= 11 is 0. The Hall–Kier alpha value is -2.02. The second-order valence-corrected chi connectivity index (χ2v) is 5.73. The maximum atomic E-state index is 12.3. The molecular weight excluding hydrogens is 264 g/mol. The van der Waals surface area contributed by atoms with Crippen molar-refractivity contribution in [2.45, 2.75) is 44.6 Å². The molecule has 0 aromatic heterocycles. The van der Waals surface area contributed by atoms with E-state index in [4.69, 9.17) is 4.74 Å². The number of nitriles is 1. The molecule has 0 radical (unpaired) electrons. The zero-order chi connectivity index (χ0) is 15.3. The molecule has 0 unspecified atom stereocenters. The molecule has 4 nitrogen and oxygen atoms in total. The highest BCUT2D eigenvalue weighted by Gasteiger charge is 2.36. The molecule has 0 aliphatic heterocycles. The topological polar surface area (TPSA) is 62.1 Å². The van der Waals surface area contributed by atoms with Crippen molar-refractivity contribution in [1.29, 1.82) is 5.26 Å². The van der Waals surface area contributed by atoms with Crippen LogP contribution in [0.5, 0.6) is 5.75 Å². The van der Waals surface area contributed by atoms with E-state index in [1.54, 1.807) is 31.4 Å². The number of amides is 1. The number of carbonyl (C=O) groups excluding carboxylic acids is 1. The third kappa shape index (κ3) is 3.55. The molecule has 112 valence electrons. The van der Waals surface area contributed by atoms with E-state index in [1.165, 1.54) is 0 Å². The highest BCUT2D eigenvalue weighted by molar-refractivity contribution is 5.95. The fourth-order valence-corrected chi connectivity index (χ4v) is 2.88. The maximum absolute atomic E-state index is 12.3. The van der Waals surface area contributed by atoms with Gasteiger partial charge in [0.1, 0.15) is 11.3 Å². The molecular formula is C17H22N2O2. The van der Waals surface area contributed by atoms with Crippen molar-refractivity contribution in [2.75, 3.05) is 7.11 Å². The molecule has 0 saturated heterocycles. The average molecular weight is 286 g/mol. The van der Waals surface area contributed by atoms with Crippen molar-refractivity contribution in [1.82, 2.24) is 5.32 Å². The zero-order valence-electron chi connectivity index (χ0n) is 12.7. The third-order valence-electron chi connectivity index (χ3n) is 4.46. The van der Waals surface area contributed by atoms with E-state index in [9.17, 15) is 10.1 Å². The fourth-order valence-electron chi connectivity index (χ4n) is 2.88. The number of nitrogens with zero attached hydrogens (tertiary/aromatic N) is 1. The normalized spacial score (nSPS) is 24.9. The zero-order valence-corrected chi connectivity index (χ0v) is 12.7. The smallest absolute Gasteiger partial charge is 0.252 e. The maximum Gasteiger partial charge on any atom is 0.252 e. The number of benzene rings is 1. The first-order valence-electron chi connectivity index (χ1n) is 7.50. The van der Waals surface area contributed by atoms with Gasteiger partial charge >= 0.3 is 0 Å². The van der Waals surface area contributed by atoms with Gasteiger partial charge in [-0.2, -0.15) is 5.26 Å². The van der Waals surface area contributed by atoms with E-state index in [-0.39, 0.29) is 5.91 Å². The molecule has 1 N–H and O–H groups in total. The molecule has 1 saturated carbocycles. The Labute approximate surface area is 126 Å². The summed E-state index contributed by atoms with van der Waals surface area (Å²) in [6, 6.07) is 9.27. The largest absolute Gasteiger partial charge is 0.497 e. The lowest BCUT2D eigenvalue weighted by atomic mass is 9.76. The first-order chi connectivity index (χ1) is 10.1. The summed E-state index contributed by atoms with van der Waals surface area (Å²) in [6.45, 7) is 2.18. The number of hydrogen-bond acceptors (Lipinski definition) is 3. The van der Waals surface area contributed by atoms with E-state index < -0.39 is 5.54 Å². The summed E-state index contributed by atoms with van der Waals surface area (Å²) in [5.41, 5.74) is -0.147. The van der Waals surface area contributed by atoms with Crippen LogP contribution in [-0.4, -0.2) is 18.6 Å². The molecule has 0 spiro atoms. The van der Waals surface area contributed by atoms with Gasteiger partial charge in [0.05, 0.1) is 13.2 Å². The van der Waals surface area contributed by atoms with Crippen molar-refractivity contribution >= 4 is 5.91 Å². The van der Waals surface area contributed by atoms with Gasteiger partial charge in [0, 0.05) is 5.56 Å². The molecule has 0 atom stereocenters. The number of hydrogen-bond donors (Lipinski definition) is 1. The minimum absolute atomic E-state index is 0.186. The standard InChI is InChI=1S/C17H22N2O2/c1-3-13-8-10-17(12-18,11-9-13)19-16(20)14-4-6-15(21-2)7-5-14/h4-7,13H,3,8-11H2,1-2H3,(H,19,20). The molecule has 1 fully saturated rings. The van der Waals surface area contributed by atoms with Gasteiger partial charge in [0.15, 0.2) is 0 Å². The Kier molecular flexibility index (Phi) is 4.85. The second kappa shape index (κ2) is 6.62. The number of ether oxygens (including phenoxy) is 1. The van der Waals surface area contributed by atoms with Crippen LogP contribution in [0.1, 0.15) is 49.4 Å². The van der Waals surface area contributed by atoms with Gasteiger partial charge in [-0.3, -0.25) is 4.79 Å². The second-order valence-electron chi connectivity index (χ2n) is 5.73. The molecule has 1 aromatic carbocycles. The predicted molar refractivity (Wildman–Crippen MR) is 81.1 cm³/mol. The van der Waals surface area contributed by atoms with Gasteiger partial charge in [-0.15, -0.1) is 0 Å². The number of nitrogens with one attached hydrogen (secondary N) is 1. The van der Waals surface area contributed by atoms with Crippen LogP contribution in [0, 0.1) is 17.2 Å². The predicted octanol–water partition coefficient (Wildman–Crippen LogP) is 3.29. The first-order valence-corrected chi connectivity index (χ1v) is 7.50. The molecule has 1 aliphatic carbocycles. The summed E-state index contributed by atoms with van der Waals surface area (Å²) in [5, 5.41) is 12.4. The molecule has 0 bridgehead atoms. The molecule has 0 heterocycles. The Bertz CT molecular complexity index is 523. The van der Waals surface area contributed by atoms with Crippen LogP contribution in [0.25, 0.3) is 0 Å². The van der Waals surface area contributed by atoms with E-state index >= 15 is 0 Å². The van der Waals surface area contributed by atoms with Crippen LogP contribution in [-0.2, 0) is 0 Å².